The van der Waals surface area contributed by atoms with Crippen LogP contribution >= 0.6 is 0 Å². The fourth-order valence-corrected chi connectivity index (χ4v) is 2.55. The third-order valence-electron chi connectivity index (χ3n) is 3.87. The molecule has 2 rings (SSSR count). The van der Waals surface area contributed by atoms with E-state index in [1.54, 1.807) is 29.2 Å². The van der Waals surface area contributed by atoms with Crippen LogP contribution in [0.5, 0.6) is 5.75 Å². The predicted molar refractivity (Wildman–Crippen MR) is 76.7 cm³/mol. The number of amides is 1. The molecular weight excluding hydrogens is 272 g/mol. The molecular formula is C15H20N2O4. The van der Waals surface area contributed by atoms with Crippen LogP contribution in [-0.2, 0) is 16.0 Å². The van der Waals surface area contributed by atoms with E-state index >= 15 is 0 Å². The number of phenolic OH excluding ortho intramolecular Hbond substituents is 1. The number of likely N-dealkylation sites (tertiary alicyclic amines) is 1. The smallest absolute Gasteiger partial charge is 0.306 e. The maximum absolute atomic E-state index is 12.3. The summed E-state index contributed by atoms with van der Waals surface area (Å²) in [6, 6.07) is 5.95. The third-order valence-corrected chi connectivity index (χ3v) is 3.87. The number of carbonyl (C=O) groups is 2. The van der Waals surface area contributed by atoms with Gasteiger partial charge in [0.15, 0.2) is 0 Å². The van der Waals surface area contributed by atoms with E-state index in [4.69, 9.17) is 10.8 Å². The minimum absolute atomic E-state index is 0.146. The van der Waals surface area contributed by atoms with Gasteiger partial charge >= 0.3 is 5.97 Å². The Kier molecular flexibility index (Phi) is 4.80. The first-order chi connectivity index (χ1) is 9.97. The van der Waals surface area contributed by atoms with Crippen LogP contribution in [0.3, 0.4) is 0 Å². The Bertz CT molecular complexity index is 507. The van der Waals surface area contributed by atoms with Crippen molar-refractivity contribution >= 4 is 11.9 Å². The highest BCUT2D eigenvalue weighted by Gasteiger charge is 2.29. The van der Waals surface area contributed by atoms with Crippen LogP contribution in [0.15, 0.2) is 24.3 Å². The number of phenols is 1. The van der Waals surface area contributed by atoms with Crippen molar-refractivity contribution in [3.63, 3.8) is 0 Å². The molecule has 1 fully saturated rings. The summed E-state index contributed by atoms with van der Waals surface area (Å²) in [5.41, 5.74) is 6.83. The summed E-state index contributed by atoms with van der Waals surface area (Å²) in [7, 11) is 0. The van der Waals surface area contributed by atoms with Gasteiger partial charge in [0, 0.05) is 13.1 Å². The maximum Gasteiger partial charge on any atom is 0.306 e. The molecule has 114 valence electrons. The van der Waals surface area contributed by atoms with Gasteiger partial charge in [-0.3, -0.25) is 9.59 Å². The Balaban J connectivity index is 1.88. The number of hydrogen-bond donors (Lipinski definition) is 3. The maximum atomic E-state index is 12.3. The predicted octanol–water partition coefficient (Wildman–Crippen LogP) is 0.585. The lowest BCUT2D eigenvalue weighted by Gasteiger charge is -2.32. The molecule has 6 nitrogen and oxygen atoms in total. The van der Waals surface area contributed by atoms with Crippen molar-refractivity contribution in [3.05, 3.63) is 29.8 Å². The highest BCUT2D eigenvalue weighted by atomic mass is 16.4. The van der Waals surface area contributed by atoms with E-state index in [0.717, 1.165) is 5.56 Å². The number of hydrogen-bond acceptors (Lipinski definition) is 4. The molecule has 1 aliphatic rings. The second-order valence-electron chi connectivity index (χ2n) is 5.41. The molecule has 1 aliphatic heterocycles. The first-order valence-electron chi connectivity index (χ1n) is 7.02. The van der Waals surface area contributed by atoms with Crippen molar-refractivity contribution in [2.24, 2.45) is 11.7 Å². The number of aliphatic carboxylic acids is 1. The number of piperidine rings is 1. The molecule has 0 radical (unpaired) electrons. The Morgan fingerprint density at radius 1 is 1.24 bits per heavy atom. The average molecular weight is 292 g/mol. The molecule has 1 amide bonds. The quantitative estimate of drug-likeness (QED) is 0.753. The number of carboxylic acids is 1. The molecule has 4 N–H and O–H groups in total. The zero-order chi connectivity index (χ0) is 15.4. The van der Waals surface area contributed by atoms with E-state index < -0.39 is 12.0 Å². The summed E-state index contributed by atoms with van der Waals surface area (Å²) in [6.45, 7) is 0.887. The summed E-state index contributed by atoms with van der Waals surface area (Å²) in [6.07, 6.45) is 1.36. The lowest BCUT2D eigenvalue weighted by atomic mass is 9.96. The fourth-order valence-electron chi connectivity index (χ4n) is 2.55. The topological polar surface area (TPSA) is 104 Å². The van der Waals surface area contributed by atoms with E-state index in [-0.39, 0.29) is 17.6 Å². The van der Waals surface area contributed by atoms with Crippen LogP contribution < -0.4 is 5.73 Å². The zero-order valence-electron chi connectivity index (χ0n) is 11.7. The van der Waals surface area contributed by atoms with E-state index in [1.807, 2.05) is 0 Å². The van der Waals surface area contributed by atoms with Crippen LogP contribution in [-0.4, -0.2) is 46.1 Å². The van der Waals surface area contributed by atoms with Crippen molar-refractivity contribution < 1.29 is 19.8 Å². The highest BCUT2D eigenvalue weighted by molar-refractivity contribution is 5.82. The first-order valence-corrected chi connectivity index (χ1v) is 7.02. The summed E-state index contributed by atoms with van der Waals surface area (Å²) in [5, 5.41) is 18.2. The van der Waals surface area contributed by atoms with Crippen LogP contribution in [0.2, 0.25) is 0 Å². The molecule has 21 heavy (non-hydrogen) atoms. The van der Waals surface area contributed by atoms with Gasteiger partial charge in [0.05, 0.1) is 12.0 Å². The molecule has 0 aliphatic carbocycles. The van der Waals surface area contributed by atoms with Crippen LogP contribution in [0.1, 0.15) is 18.4 Å². The van der Waals surface area contributed by atoms with Crippen molar-refractivity contribution in [2.45, 2.75) is 25.3 Å². The first kappa shape index (κ1) is 15.3. The van der Waals surface area contributed by atoms with E-state index in [2.05, 4.69) is 0 Å². The number of nitrogens with zero attached hydrogens (tertiary/aromatic N) is 1. The molecule has 1 heterocycles. The number of benzene rings is 1. The third kappa shape index (κ3) is 3.95. The van der Waals surface area contributed by atoms with Crippen molar-refractivity contribution in [2.75, 3.05) is 13.1 Å². The normalized spacial score (nSPS) is 17.5. The van der Waals surface area contributed by atoms with Gasteiger partial charge in [-0.05, 0) is 37.0 Å². The number of rotatable bonds is 4. The minimum atomic E-state index is -0.796. The summed E-state index contributed by atoms with van der Waals surface area (Å²) in [5.74, 6) is -1.13. The highest BCUT2D eigenvalue weighted by Crippen LogP contribution is 2.18. The number of carbonyl (C=O) groups excluding carboxylic acids is 1. The van der Waals surface area contributed by atoms with Crippen LogP contribution in [0, 0.1) is 5.92 Å². The molecule has 1 aromatic rings. The molecule has 0 saturated carbocycles. The largest absolute Gasteiger partial charge is 0.508 e. The standard InChI is InChI=1S/C15H20N2O4/c16-13(9-10-1-3-12(18)4-2-10)14(19)17-7-5-11(6-8-17)15(20)21/h1-4,11,13,18H,5-9,16H2,(H,20,21)/t13-/m0/s1. The summed E-state index contributed by atoms with van der Waals surface area (Å²) < 4.78 is 0. The van der Waals surface area contributed by atoms with Crippen molar-refractivity contribution in [1.82, 2.24) is 4.90 Å². The molecule has 0 aromatic heterocycles. The minimum Gasteiger partial charge on any atom is -0.508 e. The SMILES string of the molecule is N[C@@H](Cc1ccc(O)cc1)C(=O)N1CCC(C(=O)O)CC1. The lowest BCUT2D eigenvalue weighted by molar-refractivity contribution is -0.146. The Hall–Kier alpha value is -2.08. The van der Waals surface area contributed by atoms with Gasteiger partial charge in [0.1, 0.15) is 5.75 Å². The number of aromatic hydroxyl groups is 1. The Morgan fingerprint density at radius 2 is 1.81 bits per heavy atom. The van der Waals surface area contributed by atoms with Gasteiger partial charge in [0.25, 0.3) is 0 Å². The summed E-state index contributed by atoms with van der Waals surface area (Å²) >= 11 is 0. The van der Waals surface area contributed by atoms with E-state index in [0.29, 0.717) is 32.4 Å². The second-order valence-corrected chi connectivity index (χ2v) is 5.41. The van der Waals surface area contributed by atoms with Crippen molar-refractivity contribution in [1.29, 1.82) is 0 Å². The monoisotopic (exact) mass is 292 g/mol. The molecule has 1 aromatic carbocycles. The second kappa shape index (κ2) is 6.58. The van der Waals surface area contributed by atoms with Gasteiger partial charge in [-0.1, -0.05) is 12.1 Å². The summed E-state index contributed by atoms with van der Waals surface area (Å²) in [4.78, 5) is 24.8. The zero-order valence-corrected chi connectivity index (χ0v) is 11.7. The van der Waals surface area contributed by atoms with Gasteiger partial charge < -0.3 is 20.8 Å². The van der Waals surface area contributed by atoms with Gasteiger partial charge in [0.2, 0.25) is 5.91 Å². The molecule has 0 unspecified atom stereocenters. The van der Waals surface area contributed by atoms with E-state index in [9.17, 15) is 14.7 Å². The molecule has 6 heteroatoms. The number of carboxylic acid groups (broad SMARTS) is 1. The molecule has 0 bridgehead atoms. The lowest BCUT2D eigenvalue weighted by Crippen LogP contribution is -2.48. The average Bonchev–Trinajstić information content (AvgIpc) is 2.49. The van der Waals surface area contributed by atoms with Gasteiger partial charge in [-0.2, -0.15) is 0 Å². The molecule has 1 saturated heterocycles. The van der Waals surface area contributed by atoms with Crippen molar-refractivity contribution in [3.8, 4) is 5.75 Å². The number of nitrogens with two attached hydrogens (primary N) is 1. The Morgan fingerprint density at radius 3 is 2.33 bits per heavy atom. The van der Waals surface area contributed by atoms with Crippen LogP contribution in [0.4, 0.5) is 0 Å². The van der Waals surface area contributed by atoms with Gasteiger partial charge in [-0.25, -0.2) is 0 Å². The molecule has 1 atom stereocenters. The van der Waals surface area contributed by atoms with E-state index in [1.165, 1.54) is 0 Å². The van der Waals surface area contributed by atoms with Gasteiger partial charge in [-0.15, -0.1) is 0 Å². The Labute approximate surface area is 123 Å². The molecule has 0 spiro atoms. The van der Waals surface area contributed by atoms with Crippen LogP contribution in [0.25, 0.3) is 0 Å². The fraction of sp³-hybridized carbons (Fsp3) is 0.467.